The van der Waals surface area contributed by atoms with Gasteiger partial charge in [-0.1, -0.05) is 17.4 Å². The van der Waals surface area contributed by atoms with Gasteiger partial charge in [0.25, 0.3) is 0 Å². The molecule has 1 aliphatic heterocycles. The van der Waals surface area contributed by atoms with Crippen molar-refractivity contribution in [1.29, 1.82) is 0 Å². The van der Waals surface area contributed by atoms with Crippen LogP contribution >= 0.6 is 23.4 Å². The van der Waals surface area contributed by atoms with Gasteiger partial charge in [0, 0.05) is 21.2 Å². The van der Waals surface area contributed by atoms with Crippen LogP contribution in [0.4, 0.5) is 0 Å². The van der Waals surface area contributed by atoms with Gasteiger partial charge in [-0.15, -0.1) is 11.8 Å². The van der Waals surface area contributed by atoms with E-state index in [1.807, 2.05) is 0 Å². The maximum Gasteiger partial charge on any atom is 0.333 e. The Bertz CT molecular complexity index is 482. The van der Waals surface area contributed by atoms with Crippen LogP contribution in [-0.2, 0) is 9.53 Å². The van der Waals surface area contributed by atoms with E-state index in [0.717, 1.165) is 4.90 Å². The summed E-state index contributed by atoms with van der Waals surface area (Å²) in [7, 11) is 1.26. The maximum atomic E-state index is 12.0. The molecule has 0 unspecified atom stereocenters. The number of halogens is 1. The Labute approximate surface area is 102 Å². The number of carbonyl (C=O) groups is 1. The second-order valence-corrected chi connectivity index (χ2v) is 4.68. The minimum Gasteiger partial charge on any atom is -0.872 e. The minimum atomic E-state index is -0.567. The Hall–Kier alpha value is -1.13. The molecule has 84 valence electrons. The number of thioether (sulfide) groups is 1. The highest BCUT2D eigenvalue weighted by Crippen LogP contribution is 2.36. The molecular formula is C11H8ClO3S-. The monoisotopic (exact) mass is 255 g/mol. The van der Waals surface area contributed by atoms with E-state index in [2.05, 4.69) is 4.74 Å². The van der Waals surface area contributed by atoms with E-state index < -0.39 is 5.97 Å². The highest BCUT2D eigenvalue weighted by molar-refractivity contribution is 7.99. The van der Waals surface area contributed by atoms with Crippen molar-refractivity contribution in [3.63, 3.8) is 0 Å². The largest absolute Gasteiger partial charge is 0.872 e. The number of benzene rings is 1. The van der Waals surface area contributed by atoms with Crippen molar-refractivity contribution in [3.05, 3.63) is 34.4 Å². The zero-order valence-electron chi connectivity index (χ0n) is 8.45. The molecule has 0 atom stereocenters. The van der Waals surface area contributed by atoms with Crippen molar-refractivity contribution < 1.29 is 14.6 Å². The van der Waals surface area contributed by atoms with E-state index in [9.17, 15) is 9.90 Å². The minimum absolute atomic E-state index is 0.169. The Kier molecular flexibility index (Phi) is 3.12. The third-order valence-electron chi connectivity index (χ3n) is 2.26. The third-order valence-corrected chi connectivity index (χ3v) is 3.60. The molecule has 1 heterocycles. The first-order valence-corrected chi connectivity index (χ1v) is 5.91. The van der Waals surface area contributed by atoms with Crippen molar-refractivity contribution in [2.45, 2.75) is 4.90 Å². The topological polar surface area (TPSA) is 49.4 Å². The zero-order chi connectivity index (χ0) is 11.7. The van der Waals surface area contributed by atoms with Crippen molar-refractivity contribution in [1.82, 2.24) is 0 Å². The van der Waals surface area contributed by atoms with Gasteiger partial charge in [-0.2, -0.15) is 0 Å². The molecule has 0 fully saturated rings. The maximum absolute atomic E-state index is 12.0. The van der Waals surface area contributed by atoms with Crippen LogP contribution in [0.3, 0.4) is 0 Å². The molecule has 0 N–H and O–H groups in total. The van der Waals surface area contributed by atoms with Crippen molar-refractivity contribution in [2.24, 2.45) is 0 Å². The van der Waals surface area contributed by atoms with Gasteiger partial charge in [0.2, 0.25) is 0 Å². The fourth-order valence-electron chi connectivity index (χ4n) is 1.46. The first-order chi connectivity index (χ1) is 7.63. The van der Waals surface area contributed by atoms with E-state index in [-0.39, 0.29) is 11.3 Å². The Balaban J connectivity index is 2.52. The van der Waals surface area contributed by atoms with Gasteiger partial charge in [-0.25, -0.2) is 4.79 Å². The van der Waals surface area contributed by atoms with Crippen molar-refractivity contribution in [3.8, 4) is 0 Å². The number of fused-ring (bicyclic) bond motifs is 1. The molecule has 0 aromatic heterocycles. The summed E-state index contributed by atoms with van der Waals surface area (Å²) in [4.78, 5) is 12.2. The Morgan fingerprint density at radius 2 is 2.31 bits per heavy atom. The van der Waals surface area contributed by atoms with E-state index >= 15 is 0 Å². The molecule has 0 radical (unpaired) electrons. The average molecular weight is 256 g/mol. The summed E-state index contributed by atoms with van der Waals surface area (Å²) < 4.78 is 4.56. The van der Waals surface area contributed by atoms with Crippen LogP contribution in [0.25, 0.3) is 5.76 Å². The molecule has 0 aliphatic carbocycles. The lowest BCUT2D eigenvalue weighted by Gasteiger charge is -2.25. The van der Waals surface area contributed by atoms with Crippen molar-refractivity contribution in [2.75, 3.05) is 12.9 Å². The highest BCUT2D eigenvalue weighted by atomic mass is 35.5. The van der Waals surface area contributed by atoms with Crippen LogP contribution < -0.4 is 5.11 Å². The molecule has 0 saturated heterocycles. The lowest BCUT2D eigenvalue weighted by Crippen LogP contribution is -2.19. The quantitative estimate of drug-likeness (QED) is 0.717. The van der Waals surface area contributed by atoms with E-state index in [1.54, 1.807) is 18.2 Å². The number of rotatable bonds is 1. The first kappa shape index (κ1) is 11.4. The van der Waals surface area contributed by atoms with Crippen LogP contribution in [0.5, 0.6) is 0 Å². The van der Waals surface area contributed by atoms with Crippen LogP contribution in [0.15, 0.2) is 28.7 Å². The SMILES string of the molecule is COC(=O)C1=C([O-])c2cc(Cl)ccc2SC1. The van der Waals surface area contributed by atoms with Gasteiger partial charge in [0.15, 0.2) is 0 Å². The van der Waals surface area contributed by atoms with Crippen LogP contribution in [0.1, 0.15) is 5.56 Å². The van der Waals surface area contributed by atoms with Crippen LogP contribution in [0, 0.1) is 0 Å². The number of hydrogen-bond donors (Lipinski definition) is 0. The zero-order valence-corrected chi connectivity index (χ0v) is 10.0. The second kappa shape index (κ2) is 4.39. The summed E-state index contributed by atoms with van der Waals surface area (Å²) in [5.41, 5.74) is 0.645. The molecule has 3 nitrogen and oxygen atoms in total. The molecule has 1 aromatic rings. The van der Waals surface area contributed by atoms with Gasteiger partial charge in [-0.3, -0.25) is 0 Å². The molecule has 0 saturated carbocycles. The van der Waals surface area contributed by atoms with Gasteiger partial charge in [0.05, 0.1) is 7.11 Å². The van der Waals surface area contributed by atoms with Crippen molar-refractivity contribution >= 4 is 35.1 Å². The highest BCUT2D eigenvalue weighted by Gasteiger charge is 2.19. The molecular weight excluding hydrogens is 248 g/mol. The first-order valence-electron chi connectivity index (χ1n) is 4.54. The summed E-state index contributed by atoms with van der Waals surface area (Å²) in [6.45, 7) is 0. The van der Waals surface area contributed by atoms with Crippen LogP contribution in [0.2, 0.25) is 5.02 Å². The van der Waals surface area contributed by atoms with Gasteiger partial charge in [-0.05, 0) is 23.8 Å². The Morgan fingerprint density at radius 3 is 3.00 bits per heavy atom. The average Bonchev–Trinajstić information content (AvgIpc) is 2.29. The summed E-state index contributed by atoms with van der Waals surface area (Å²) in [5, 5.41) is 12.4. The number of carbonyl (C=O) groups excluding carboxylic acids is 1. The third kappa shape index (κ3) is 1.90. The van der Waals surface area contributed by atoms with E-state index in [1.165, 1.54) is 18.9 Å². The lowest BCUT2D eigenvalue weighted by molar-refractivity contribution is -0.245. The molecule has 0 bridgehead atoms. The lowest BCUT2D eigenvalue weighted by atomic mass is 10.1. The molecule has 1 aromatic carbocycles. The molecule has 2 rings (SSSR count). The number of hydrogen-bond acceptors (Lipinski definition) is 4. The molecule has 5 heteroatoms. The summed E-state index contributed by atoms with van der Waals surface area (Å²) in [5.74, 6) is -0.508. The standard InChI is InChI=1S/C11H9ClO3S/c1-15-11(14)8-5-16-9-3-2-6(12)4-7(9)10(8)13/h2-4,13H,5H2,1H3/p-1. The summed E-state index contributed by atoms with van der Waals surface area (Å²) in [6.07, 6.45) is 0. The number of ether oxygens (including phenoxy) is 1. The predicted octanol–water partition coefficient (Wildman–Crippen LogP) is 1.69. The fraction of sp³-hybridized carbons (Fsp3) is 0.182. The van der Waals surface area contributed by atoms with Crippen LogP contribution in [-0.4, -0.2) is 18.8 Å². The molecule has 0 spiro atoms. The molecule has 16 heavy (non-hydrogen) atoms. The second-order valence-electron chi connectivity index (χ2n) is 3.23. The summed E-state index contributed by atoms with van der Waals surface area (Å²) in [6, 6.07) is 5.09. The van der Waals surface area contributed by atoms with E-state index in [0.29, 0.717) is 16.3 Å². The summed E-state index contributed by atoms with van der Waals surface area (Å²) >= 11 is 7.25. The number of methoxy groups -OCH3 is 1. The molecule has 1 aliphatic rings. The smallest absolute Gasteiger partial charge is 0.333 e. The predicted molar refractivity (Wildman–Crippen MR) is 61.1 cm³/mol. The number of esters is 1. The normalized spacial score (nSPS) is 14.6. The van der Waals surface area contributed by atoms with Gasteiger partial charge < -0.3 is 9.84 Å². The fourth-order valence-corrected chi connectivity index (χ4v) is 2.65. The van der Waals surface area contributed by atoms with Gasteiger partial charge in [0.1, 0.15) is 0 Å². The molecule has 0 amide bonds. The van der Waals surface area contributed by atoms with E-state index in [4.69, 9.17) is 11.6 Å². The Morgan fingerprint density at radius 1 is 1.56 bits per heavy atom. The van der Waals surface area contributed by atoms with Gasteiger partial charge >= 0.3 is 5.97 Å².